The van der Waals surface area contributed by atoms with E-state index in [0.29, 0.717) is 6.42 Å². The molecule has 1 heterocycles. The molecule has 0 bridgehead atoms. The van der Waals surface area contributed by atoms with E-state index in [-0.39, 0.29) is 12.5 Å². The number of aliphatic hydroxyl groups excluding tert-OH is 5. The molecule has 1 fully saturated rings. The Bertz CT molecular complexity index is 1520. The van der Waals surface area contributed by atoms with E-state index in [1.807, 2.05) is 6.08 Å². The third kappa shape index (κ3) is 49.8. The first-order chi connectivity index (χ1) is 40.3. The van der Waals surface area contributed by atoms with Gasteiger partial charge in [0.15, 0.2) is 6.29 Å². The van der Waals surface area contributed by atoms with Crippen LogP contribution in [0.5, 0.6) is 0 Å². The van der Waals surface area contributed by atoms with Gasteiger partial charge in [-0.2, -0.15) is 0 Å². The molecule has 1 amide bonds. The van der Waals surface area contributed by atoms with Crippen LogP contribution in [-0.4, -0.2) is 87.5 Å². The number of allylic oxidation sites excluding steroid dienone is 11. The lowest BCUT2D eigenvalue weighted by Crippen LogP contribution is -2.60. The van der Waals surface area contributed by atoms with Gasteiger partial charge in [-0.3, -0.25) is 4.79 Å². The van der Waals surface area contributed by atoms with Crippen LogP contribution in [0.15, 0.2) is 72.9 Å². The van der Waals surface area contributed by atoms with Gasteiger partial charge in [-0.25, -0.2) is 0 Å². The van der Waals surface area contributed by atoms with Gasteiger partial charge in [0.25, 0.3) is 0 Å². The van der Waals surface area contributed by atoms with E-state index in [1.165, 1.54) is 250 Å². The number of hydrogen-bond acceptors (Lipinski definition) is 8. The summed E-state index contributed by atoms with van der Waals surface area (Å²) in [4.78, 5) is 13.1. The fraction of sp³-hybridized carbons (Fsp3) is 0.822. The fourth-order valence-corrected chi connectivity index (χ4v) is 11.0. The third-order valence-corrected chi connectivity index (χ3v) is 16.5. The Morgan fingerprint density at radius 3 is 1.11 bits per heavy atom. The predicted octanol–water partition coefficient (Wildman–Crippen LogP) is 19.1. The van der Waals surface area contributed by atoms with Gasteiger partial charge in [0, 0.05) is 6.42 Å². The molecular formula is C73H133NO8. The molecule has 7 atom stereocenters. The monoisotopic (exact) mass is 1150 g/mol. The zero-order chi connectivity index (χ0) is 59.3. The molecule has 0 aromatic rings. The number of hydrogen-bond donors (Lipinski definition) is 6. The Morgan fingerprint density at radius 1 is 0.415 bits per heavy atom. The van der Waals surface area contributed by atoms with E-state index in [1.54, 1.807) is 6.08 Å². The Balaban J connectivity index is 2.06. The van der Waals surface area contributed by atoms with Crippen LogP contribution < -0.4 is 5.32 Å². The van der Waals surface area contributed by atoms with Crippen LogP contribution in [0.3, 0.4) is 0 Å². The Hall–Kier alpha value is -2.37. The molecule has 1 aliphatic rings. The molecule has 0 aromatic heterocycles. The molecule has 1 rings (SSSR count). The maximum Gasteiger partial charge on any atom is 0.220 e. The van der Waals surface area contributed by atoms with E-state index in [0.717, 1.165) is 57.8 Å². The number of nitrogens with one attached hydrogen (secondary N) is 1. The van der Waals surface area contributed by atoms with Crippen molar-refractivity contribution < 1.29 is 39.8 Å². The van der Waals surface area contributed by atoms with Gasteiger partial charge >= 0.3 is 0 Å². The Kier molecular flexibility index (Phi) is 58.4. The number of aliphatic hydroxyl groups is 5. The second-order valence-corrected chi connectivity index (χ2v) is 24.3. The zero-order valence-corrected chi connectivity index (χ0v) is 53.5. The van der Waals surface area contributed by atoms with E-state index in [9.17, 15) is 30.3 Å². The van der Waals surface area contributed by atoms with Crippen LogP contribution in [0.1, 0.15) is 328 Å². The highest BCUT2D eigenvalue weighted by Crippen LogP contribution is 2.23. The minimum atomic E-state index is -1.58. The van der Waals surface area contributed by atoms with Gasteiger partial charge in [0.2, 0.25) is 5.91 Å². The summed E-state index contributed by atoms with van der Waals surface area (Å²) in [6, 6.07) is -0.829. The lowest BCUT2D eigenvalue weighted by Gasteiger charge is -2.40. The molecule has 82 heavy (non-hydrogen) atoms. The summed E-state index contributed by atoms with van der Waals surface area (Å²) < 4.78 is 11.3. The molecule has 0 spiro atoms. The summed E-state index contributed by atoms with van der Waals surface area (Å²) in [5.41, 5.74) is 0. The molecule has 1 saturated heterocycles. The van der Waals surface area contributed by atoms with Crippen LogP contribution in [-0.2, 0) is 14.3 Å². The second kappa shape index (κ2) is 61.7. The number of ether oxygens (including phenoxy) is 2. The topological polar surface area (TPSA) is 149 Å². The summed E-state index contributed by atoms with van der Waals surface area (Å²) in [6.07, 6.45) is 80.3. The average molecular weight is 1150 g/mol. The highest BCUT2D eigenvalue weighted by Gasteiger charge is 2.44. The van der Waals surface area contributed by atoms with E-state index < -0.39 is 49.5 Å². The summed E-state index contributed by atoms with van der Waals surface area (Å²) in [6.45, 7) is 3.77. The van der Waals surface area contributed by atoms with Gasteiger partial charge in [0.1, 0.15) is 24.4 Å². The molecule has 6 N–H and O–H groups in total. The van der Waals surface area contributed by atoms with Crippen molar-refractivity contribution in [2.45, 2.75) is 371 Å². The molecule has 7 unspecified atom stereocenters. The van der Waals surface area contributed by atoms with Gasteiger partial charge < -0.3 is 40.3 Å². The van der Waals surface area contributed by atoms with Gasteiger partial charge in [-0.05, 0) is 83.5 Å². The average Bonchev–Trinajstić information content (AvgIpc) is 3.57. The van der Waals surface area contributed by atoms with Crippen LogP contribution in [0.25, 0.3) is 0 Å². The van der Waals surface area contributed by atoms with Gasteiger partial charge in [-0.1, -0.05) is 311 Å². The summed E-state index contributed by atoms with van der Waals surface area (Å²) in [7, 11) is 0. The maximum atomic E-state index is 13.1. The van der Waals surface area contributed by atoms with Crippen LogP contribution in [0.2, 0.25) is 0 Å². The van der Waals surface area contributed by atoms with Crippen molar-refractivity contribution in [1.82, 2.24) is 5.32 Å². The van der Waals surface area contributed by atoms with Crippen molar-refractivity contribution in [3.05, 3.63) is 72.9 Å². The SMILES string of the molecule is CCCCCCC/C=C\C/C=C\C/C=C\CCCCCCCCCCCCCCCCCCCCCCCCCCCCC(=O)NC(COC1OC(CO)C(O)C(O)C1O)C(O)/C=C/CC/C=C/CC/C=C/CCCCCCCCCC. The fourth-order valence-electron chi connectivity index (χ4n) is 11.0. The van der Waals surface area contributed by atoms with E-state index in [4.69, 9.17) is 9.47 Å². The van der Waals surface area contributed by atoms with E-state index in [2.05, 4.69) is 79.9 Å². The largest absolute Gasteiger partial charge is 0.394 e. The summed E-state index contributed by atoms with van der Waals surface area (Å²) >= 11 is 0. The number of amides is 1. The van der Waals surface area contributed by atoms with Crippen molar-refractivity contribution >= 4 is 5.91 Å². The van der Waals surface area contributed by atoms with Crippen LogP contribution in [0.4, 0.5) is 0 Å². The predicted molar refractivity (Wildman–Crippen MR) is 350 cm³/mol. The lowest BCUT2D eigenvalue weighted by molar-refractivity contribution is -0.302. The van der Waals surface area contributed by atoms with Crippen LogP contribution in [0, 0.1) is 0 Å². The molecule has 0 aliphatic carbocycles. The first kappa shape index (κ1) is 77.6. The van der Waals surface area contributed by atoms with Gasteiger partial charge in [-0.15, -0.1) is 0 Å². The molecule has 0 aromatic carbocycles. The van der Waals surface area contributed by atoms with Crippen molar-refractivity contribution in [3.63, 3.8) is 0 Å². The molecule has 0 radical (unpaired) electrons. The Labute approximate surface area is 506 Å². The quantitative estimate of drug-likeness (QED) is 0.0261. The van der Waals surface area contributed by atoms with Gasteiger partial charge in [0.05, 0.1) is 25.4 Å². The summed E-state index contributed by atoms with van der Waals surface area (Å²) in [5.74, 6) is -0.187. The molecule has 9 nitrogen and oxygen atoms in total. The summed E-state index contributed by atoms with van der Waals surface area (Å²) in [5, 5.41) is 54.6. The van der Waals surface area contributed by atoms with Crippen molar-refractivity contribution in [2.24, 2.45) is 0 Å². The zero-order valence-electron chi connectivity index (χ0n) is 53.5. The standard InChI is InChI=1S/C73H133NO8/c1-3-5-7-9-11-13-15-17-19-21-23-24-25-26-27-28-29-30-31-32-33-34-35-36-37-38-39-40-41-42-43-44-45-47-49-51-53-55-57-59-61-63-69(77)74-66(65-81-73-72(80)71(79)70(78)68(64-75)82-73)67(76)62-60-58-56-54-52-50-48-46-22-20-18-16-14-12-10-8-6-4-2/h15,17,21-23,25-26,46,52,54,60,62,66-68,70-73,75-76,78-80H,3-14,16,18-20,24,27-45,47-51,53,55-59,61,63-65H2,1-2H3,(H,74,77)/b17-15-,23-21-,26-25-,46-22+,54-52+,62-60+. The molecule has 0 saturated carbocycles. The highest BCUT2D eigenvalue weighted by molar-refractivity contribution is 5.76. The molecule has 9 heteroatoms. The van der Waals surface area contributed by atoms with Crippen molar-refractivity contribution in [1.29, 1.82) is 0 Å². The first-order valence-corrected chi connectivity index (χ1v) is 35.2. The second-order valence-electron chi connectivity index (χ2n) is 24.3. The molecule has 478 valence electrons. The highest BCUT2D eigenvalue weighted by atomic mass is 16.7. The first-order valence-electron chi connectivity index (χ1n) is 35.2. The molecule has 1 aliphatic heterocycles. The normalized spacial score (nSPS) is 18.7. The maximum absolute atomic E-state index is 13.1. The van der Waals surface area contributed by atoms with Crippen molar-refractivity contribution in [2.75, 3.05) is 13.2 Å². The minimum Gasteiger partial charge on any atom is -0.394 e. The number of carbonyl (C=O) groups excluding carboxylic acids is 1. The smallest absolute Gasteiger partial charge is 0.220 e. The van der Waals surface area contributed by atoms with Crippen molar-refractivity contribution in [3.8, 4) is 0 Å². The van der Waals surface area contributed by atoms with E-state index >= 15 is 0 Å². The number of rotatable bonds is 61. The minimum absolute atomic E-state index is 0.187. The third-order valence-electron chi connectivity index (χ3n) is 16.5. The number of unbranched alkanes of at least 4 members (excludes halogenated alkanes) is 41. The Morgan fingerprint density at radius 2 is 0.732 bits per heavy atom. The molecular weight excluding hydrogens is 1020 g/mol. The van der Waals surface area contributed by atoms with Crippen LogP contribution >= 0.6 is 0 Å². The lowest BCUT2D eigenvalue weighted by atomic mass is 9.99. The number of carbonyl (C=O) groups is 1.